The lowest BCUT2D eigenvalue weighted by atomic mass is 10.3. The van der Waals surface area contributed by atoms with Crippen LogP contribution in [-0.4, -0.2) is 34.5 Å². The van der Waals surface area contributed by atoms with Gasteiger partial charge in [0, 0.05) is 18.9 Å². The highest BCUT2D eigenvalue weighted by Gasteiger charge is 2.18. The van der Waals surface area contributed by atoms with Gasteiger partial charge in [-0.3, -0.25) is 9.59 Å². The van der Waals surface area contributed by atoms with Crippen molar-refractivity contribution in [2.24, 2.45) is 0 Å². The van der Waals surface area contributed by atoms with Crippen molar-refractivity contribution < 1.29 is 18.7 Å². The molecule has 2 rings (SSSR count). The number of hydrogen-bond acceptors (Lipinski definition) is 6. The van der Waals surface area contributed by atoms with Crippen LogP contribution in [0.5, 0.6) is 0 Å². The first-order chi connectivity index (χ1) is 12.0. The molecule has 0 aliphatic carbocycles. The molecule has 7 nitrogen and oxygen atoms in total. The molecule has 132 valence electrons. The summed E-state index contributed by atoms with van der Waals surface area (Å²) in [5, 5.41) is 5.38. The van der Waals surface area contributed by atoms with Gasteiger partial charge in [-0.2, -0.15) is 0 Å². The number of hydrogen-bond donors (Lipinski definition) is 2. The molecule has 1 heterocycles. The van der Waals surface area contributed by atoms with Crippen LogP contribution < -0.4 is 10.6 Å². The molecule has 2 N–H and O–H groups in total. The van der Waals surface area contributed by atoms with Gasteiger partial charge in [-0.25, -0.2) is 14.4 Å². The molecule has 9 heteroatoms. The lowest BCUT2D eigenvalue weighted by Gasteiger charge is -2.14. The smallest absolute Gasteiger partial charge is 0.308 e. The second-order valence-electron chi connectivity index (χ2n) is 4.99. The number of halogens is 2. The van der Waals surface area contributed by atoms with Gasteiger partial charge in [-0.1, -0.05) is 11.6 Å². The number of anilines is 2. The summed E-state index contributed by atoms with van der Waals surface area (Å²) in [6.07, 6.45) is 2.15. The van der Waals surface area contributed by atoms with Gasteiger partial charge in [0.25, 0.3) is 5.91 Å². The van der Waals surface area contributed by atoms with Crippen LogP contribution in [0.1, 0.15) is 13.3 Å². The van der Waals surface area contributed by atoms with Crippen molar-refractivity contribution in [1.29, 1.82) is 0 Å². The molecule has 0 radical (unpaired) electrons. The largest absolute Gasteiger partial charge is 0.452 e. The van der Waals surface area contributed by atoms with Crippen molar-refractivity contribution in [2.75, 3.05) is 17.2 Å². The van der Waals surface area contributed by atoms with E-state index in [2.05, 4.69) is 20.6 Å². The third-order valence-electron chi connectivity index (χ3n) is 3.04. The molecule has 1 atom stereocenters. The van der Waals surface area contributed by atoms with Gasteiger partial charge in [0.05, 0.1) is 17.1 Å². The zero-order valence-electron chi connectivity index (χ0n) is 13.3. The second-order valence-corrected chi connectivity index (χ2v) is 5.40. The molecule has 0 fully saturated rings. The van der Waals surface area contributed by atoms with E-state index >= 15 is 0 Å². The van der Waals surface area contributed by atoms with E-state index in [0.717, 1.165) is 12.1 Å². The van der Waals surface area contributed by atoms with Crippen LogP contribution in [0.2, 0.25) is 5.02 Å². The predicted molar refractivity (Wildman–Crippen MR) is 90.7 cm³/mol. The number of nitrogens with zero attached hydrogens (tertiary/aromatic N) is 2. The summed E-state index contributed by atoms with van der Waals surface area (Å²) in [4.78, 5) is 31.7. The first kappa shape index (κ1) is 18.6. The topological polar surface area (TPSA) is 93.2 Å². The van der Waals surface area contributed by atoms with E-state index in [4.69, 9.17) is 16.3 Å². The Kier molecular flexibility index (Phi) is 6.64. The summed E-state index contributed by atoms with van der Waals surface area (Å²) in [6, 6.07) is 5.24. The van der Waals surface area contributed by atoms with E-state index in [0.29, 0.717) is 5.95 Å². The van der Waals surface area contributed by atoms with Crippen LogP contribution >= 0.6 is 11.6 Å². The Balaban J connectivity index is 1.77. The summed E-state index contributed by atoms with van der Waals surface area (Å²) in [7, 11) is 0. The molecule has 1 unspecified atom stereocenters. The lowest BCUT2D eigenvalue weighted by Crippen LogP contribution is -2.30. The summed E-state index contributed by atoms with van der Waals surface area (Å²) in [5.74, 6) is -1.25. The van der Waals surface area contributed by atoms with Gasteiger partial charge < -0.3 is 15.4 Å². The first-order valence-electron chi connectivity index (χ1n) is 7.42. The number of amides is 1. The van der Waals surface area contributed by atoms with Gasteiger partial charge in [-0.15, -0.1) is 0 Å². The van der Waals surface area contributed by atoms with Crippen LogP contribution in [0.25, 0.3) is 0 Å². The predicted octanol–water partition coefficient (Wildman–Crippen LogP) is 2.64. The van der Waals surface area contributed by atoms with Gasteiger partial charge >= 0.3 is 5.97 Å². The maximum atomic E-state index is 13.0. The van der Waals surface area contributed by atoms with Crippen LogP contribution in [0.3, 0.4) is 0 Å². The standard InChI is InChI=1S/C16H16ClFN4O3/c1-10(15(24)22-13-4-3-11(18)9-12(13)17)25-14(23)5-8-21-16-19-6-2-7-20-16/h2-4,6-7,9-10H,5,8H2,1H3,(H,22,24)(H,19,20,21). The number of benzene rings is 1. The molecule has 0 aliphatic heterocycles. The molecule has 0 saturated heterocycles. The van der Waals surface area contributed by atoms with Gasteiger partial charge in [0.15, 0.2) is 6.10 Å². The fourth-order valence-electron chi connectivity index (χ4n) is 1.80. The second kappa shape index (κ2) is 8.93. The molecule has 0 spiro atoms. The lowest BCUT2D eigenvalue weighted by molar-refractivity contribution is -0.152. The van der Waals surface area contributed by atoms with Crippen molar-refractivity contribution in [3.8, 4) is 0 Å². The highest BCUT2D eigenvalue weighted by Crippen LogP contribution is 2.22. The van der Waals surface area contributed by atoms with Crippen molar-refractivity contribution in [3.63, 3.8) is 0 Å². The number of aromatic nitrogens is 2. The minimum absolute atomic E-state index is 0.0349. The summed E-state index contributed by atoms with van der Waals surface area (Å²) >= 11 is 5.83. The maximum absolute atomic E-state index is 13.0. The normalized spacial score (nSPS) is 11.5. The monoisotopic (exact) mass is 366 g/mol. The van der Waals surface area contributed by atoms with Gasteiger partial charge in [0.2, 0.25) is 5.95 Å². The van der Waals surface area contributed by atoms with Gasteiger partial charge in [0.1, 0.15) is 5.82 Å². The van der Waals surface area contributed by atoms with Crippen LogP contribution in [-0.2, 0) is 14.3 Å². The van der Waals surface area contributed by atoms with Crippen molar-refractivity contribution >= 4 is 35.1 Å². The van der Waals surface area contributed by atoms with Crippen molar-refractivity contribution in [2.45, 2.75) is 19.4 Å². The Hall–Kier alpha value is -2.74. The van der Waals surface area contributed by atoms with E-state index in [-0.39, 0.29) is 23.7 Å². The molecular formula is C16H16ClFN4O3. The number of rotatable bonds is 7. The molecule has 0 bridgehead atoms. The Morgan fingerprint density at radius 1 is 1.32 bits per heavy atom. The molecule has 25 heavy (non-hydrogen) atoms. The number of carbonyl (C=O) groups is 2. The quantitative estimate of drug-likeness (QED) is 0.732. The first-order valence-corrected chi connectivity index (χ1v) is 7.80. The SMILES string of the molecule is CC(OC(=O)CCNc1ncccn1)C(=O)Nc1ccc(F)cc1Cl. The van der Waals surface area contributed by atoms with Gasteiger partial charge in [-0.05, 0) is 31.2 Å². The molecule has 1 aromatic carbocycles. The maximum Gasteiger partial charge on any atom is 0.308 e. The molecule has 2 aromatic rings. The van der Waals surface area contributed by atoms with E-state index in [1.54, 1.807) is 18.5 Å². The highest BCUT2D eigenvalue weighted by molar-refractivity contribution is 6.33. The fraction of sp³-hybridized carbons (Fsp3) is 0.250. The minimum atomic E-state index is -1.03. The summed E-state index contributed by atoms with van der Waals surface area (Å²) < 4.78 is 18.0. The summed E-state index contributed by atoms with van der Waals surface area (Å²) in [5.41, 5.74) is 0.235. The average Bonchev–Trinajstić information content (AvgIpc) is 2.58. The van der Waals surface area contributed by atoms with E-state index in [1.165, 1.54) is 13.0 Å². The average molecular weight is 367 g/mol. The van der Waals surface area contributed by atoms with E-state index in [1.807, 2.05) is 0 Å². The van der Waals surface area contributed by atoms with Crippen LogP contribution in [0.15, 0.2) is 36.7 Å². The summed E-state index contributed by atoms with van der Waals surface area (Å²) in [6.45, 7) is 1.69. The Labute approximate surface area is 148 Å². The zero-order chi connectivity index (χ0) is 18.2. The molecule has 0 aliphatic rings. The number of esters is 1. The number of nitrogens with one attached hydrogen (secondary N) is 2. The minimum Gasteiger partial charge on any atom is -0.452 e. The van der Waals surface area contributed by atoms with Crippen LogP contribution in [0.4, 0.5) is 16.0 Å². The fourth-order valence-corrected chi connectivity index (χ4v) is 2.02. The Morgan fingerprint density at radius 2 is 2.04 bits per heavy atom. The van der Waals surface area contributed by atoms with Crippen molar-refractivity contribution in [1.82, 2.24) is 9.97 Å². The van der Waals surface area contributed by atoms with Crippen LogP contribution in [0, 0.1) is 5.82 Å². The third kappa shape index (κ3) is 6.00. The highest BCUT2D eigenvalue weighted by atomic mass is 35.5. The number of ether oxygens (including phenoxy) is 1. The Morgan fingerprint density at radius 3 is 2.72 bits per heavy atom. The van der Waals surface area contributed by atoms with Crippen molar-refractivity contribution in [3.05, 3.63) is 47.5 Å². The third-order valence-corrected chi connectivity index (χ3v) is 3.36. The molecule has 1 amide bonds. The van der Waals surface area contributed by atoms with E-state index in [9.17, 15) is 14.0 Å². The Bertz CT molecular complexity index is 745. The molecule has 0 saturated carbocycles. The zero-order valence-corrected chi connectivity index (χ0v) is 14.1. The number of carbonyl (C=O) groups excluding carboxylic acids is 2. The van der Waals surface area contributed by atoms with E-state index < -0.39 is 23.8 Å². The molecule has 1 aromatic heterocycles. The molecular weight excluding hydrogens is 351 g/mol.